The van der Waals surface area contributed by atoms with Gasteiger partial charge in [-0.25, -0.2) is 4.98 Å². The van der Waals surface area contributed by atoms with E-state index in [0.29, 0.717) is 10.6 Å². The second-order valence-electron chi connectivity index (χ2n) is 4.34. The van der Waals surface area contributed by atoms with Crippen LogP contribution in [0, 0.1) is 18.3 Å². The van der Waals surface area contributed by atoms with Crippen molar-refractivity contribution in [3.8, 4) is 6.07 Å². The Bertz CT molecular complexity index is 860. The zero-order chi connectivity index (χ0) is 14.3. The molecule has 2 aromatic rings. The lowest BCUT2D eigenvalue weighted by molar-refractivity contribution is 0.599. The molecule has 0 amide bonds. The lowest BCUT2D eigenvalue weighted by Gasteiger charge is -2.05. The minimum Gasteiger partial charge on any atom is -0.245 e. The van der Waals surface area contributed by atoms with Gasteiger partial charge in [0.1, 0.15) is 10.9 Å². The van der Waals surface area contributed by atoms with Crippen LogP contribution in [0.3, 0.4) is 0 Å². The number of fused-ring (bicyclic) bond motifs is 1. The Morgan fingerprint density at radius 3 is 2.75 bits per heavy atom. The van der Waals surface area contributed by atoms with E-state index in [4.69, 9.17) is 0 Å². The second-order valence-corrected chi connectivity index (χ2v) is 6.80. The third-order valence-corrected chi connectivity index (χ3v) is 5.32. The zero-order valence-corrected chi connectivity index (χ0v) is 12.1. The summed E-state index contributed by atoms with van der Waals surface area (Å²) in [6.07, 6.45) is 0. The monoisotopic (exact) mass is 303 g/mol. The molecule has 7 heteroatoms. The third kappa shape index (κ3) is 1.94. The minimum atomic E-state index is -3.70. The summed E-state index contributed by atoms with van der Waals surface area (Å²) in [4.78, 5) is 4.42. The molecule has 0 saturated carbocycles. The molecule has 1 aliphatic rings. The SMILES string of the molecule is Cc1csc([C@H](C#N)C2=NS(=O)(=O)c3ccccc32)n1. The van der Waals surface area contributed by atoms with E-state index in [1.807, 2.05) is 12.3 Å². The summed E-state index contributed by atoms with van der Waals surface area (Å²) in [6.45, 7) is 1.83. The second kappa shape index (κ2) is 4.51. The van der Waals surface area contributed by atoms with Gasteiger partial charge in [0.2, 0.25) is 0 Å². The first-order valence-electron chi connectivity index (χ1n) is 5.79. The van der Waals surface area contributed by atoms with Crippen molar-refractivity contribution in [1.29, 1.82) is 5.26 Å². The van der Waals surface area contributed by atoms with Gasteiger partial charge < -0.3 is 0 Å². The van der Waals surface area contributed by atoms with Gasteiger partial charge >= 0.3 is 0 Å². The van der Waals surface area contributed by atoms with E-state index in [-0.39, 0.29) is 10.6 Å². The van der Waals surface area contributed by atoms with Crippen molar-refractivity contribution in [2.75, 3.05) is 0 Å². The first-order chi connectivity index (χ1) is 9.53. The Balaban J connectivity index is 2.18. The first-order valence-corrected chi connectivity index (χ1v) is 8.11. The Morgan fingerprint density at radius 2 is 2.10 bits per heavy atom. The van der Waals surface area contributed by atoms with Crippen LogP contribution in [0.25, 0.3) is 0 Å². The fourth-order valence-corrected chi connectivity index (χ4v) is 4.18. The minimum absolute atomic E-state index is 0.156. The number of hydrogen-bond donors (Lipinski definition) is 0. The number of aromatic nitrogens is 1. The Kier molecular flexibility index (Phi) is 2.92. The highest BCUT2D eigenvalue weighted by Gasteiger charge is 2.34. The summed E-state index contributed by atoms with van der Waals surface area (Å²) in [5.74, 6) is -0.757. The van der Waals surface area contributed by atoms with Crippen molar-refractivity contribution < 1.29 is 8.42 Å². The van der Waals surface area contributed by atoms with Crippen LogP contribution in [0.5, 0.6) is 0 Å². The molecule has 0 N–H and O–H groups in total. The van der Waals surface area contributed by atoms with Gasteiger partial charge in [0.25, 0.3) is 10.0 Å². The molecule has 0 unspecified atom stereocenters. The highest BCUT2D eigenvalue weighted by molar-refractivity contribution is 7.90. The highest BCUT2D eigenvalue weighted by atomic mass is 32.2. The van der Waals surface area contributed by atoms with Crippen LogP contribution in [-0.4, -0.2) is 19.1 Å². The lowest BCUT2D eigenvalue weighted by Crippen LogP contribution is -2.10. The number of rotatable bonds is 2. The van der Waals surface area contributed by atoms with Gasteiger partial charge in [-0.1, -0.05) is 18.2 Å². The molecular weight excluding hydrogens is 294 g/mol. The maximum Gasteiger partial charge on any atom is 0.283 e. The quantitative estimate of drug-likeness (QED) is 0.852. The van der Waals surface area contributed by atoms with Crippen molar-refractivity contribution >= 4 is 27.1 Å². The summed E-state index contributed by atoms with van der Waals surface area (Å²) in [5.41, 5.74) is 1.56. The Morgan fingerprint density at radius 1 is 1.35 bits per heavy atom. The Labute approximate surface area is 120 Å². The average molecular weight is 303 g/mol. The van der Waals surface area contributed by atoms with Crippen molar-refractivity contribution in [1.82, 2.24) is 4.98 Å². The van der Waals surface area contributed by atoms with Gasteiger partial charge in [-0.15, -0.1) is 11.3 Å². The topological polar surface area (TPSA) is 83.2 Å². The average Bonchev–Trinajstić information content (AvgIpc) is 2.95. The maximum absolute atomic E-state index is 12.0. The van der Waals surface area contributed by atoms with Crippen molar-refractivity contribution in [3.63, 3.8) is 0 Å². The summed E-state index contributed by atoms with van der Waals surface area (Å²) >= 11 is 1.33. The van der Waals surface area contributed by atoms with Crippen molar-refractivity contribution in [2.45, 2.75) is 17.7 Å². The van der Waals surface area contributed by atoms with E-state index in [1.54, 1.807) is 18.2 Å². The molecule has 0 saturated heterocycles. The molecule has 100 valence electrons. The van der Waals surface area contributed by atoms with Crippen LogP contribution >= 0.6 is 11.3 Å². The van der Waals surface area contributed by atoms with Gasteiger partial charge in [0.15, 0.2) is 0 Å². The van der Waals surface area contributed by atoms with E-state index in [9.17, 15) is 13.7 Å². The normalized spacial score (nSPS) is 17.1. The van der Waals surface area contributed by atoms with E-state index >= 15 is 0 Å². The molecule has 5 nitrogen and oxygen atoms in total. The van der Waals surface area contributed by atoms with E-state index in [0.717, 1.165) is 5.69 Å². The van der Waals surface area contributed by atoms with Crippen molar-refractivity contribution in [3.05, 3.63) is 45.9 Å². The number of thiazole rings is 1. The van der Waals surface area contributed by atoms with Gasteiger partial charge in [-0.3, -0.25) is 0 Å². The van der Waals surface area contributed by atoms with Crippen LogP contribution in [0.4, 0.5) is 0 Å². The van der Waals surface area contributed by atoms with Gasteiger partial charge in [0, 0.05) is 16.6 Å². The van der Waals surface area contributed by atoms with Gasteiger partial charge in [-0.05, 0) is 13.0 Å². The van der Waals surface area contributed by atoms with Crippen LogP contribution in [0.2, 0.25) is 0 Å². The molecule has 20 heavy (non-hydrogen) atoms. The molecule has 1 aromatic carbocycles. The predicted molar refractivity (Wildman–Crippen MR) is 75.4 cm³/mol. The summed E-state index contributed by atoms with van der Waals surface area (Å²) in [5, 5.41) is 11.8. The van der Waals surface area contributed by atoms with Crippen LogP contribution < -0.4 is 0 Å². The van der Waals surface area contributed by atoms with Crippen LogP contribution in [-0.2, 0) is 10.0 Å². The number of hydrogen-bond acceptors (Lipinski definition) is 5. The number of sulfonamides is 1. The van der Waals surface area contributed by atoms with Crippen molar-refractivity contribution in [2.24, 2.45) is 4.40 Å². The molecule has 0 bridgehead atoms. The molecular formula is C13H9N3O2S2. The third-order valence-electron chi connectivity index (χ3n) is 2.95. The standard InChI is InChI=1S/C13H9N3O2S2/c1-8-7-19-13(15-8)10(6-14)12-9-4-2-3-5-11(9)20(17,18)16-12/h2-5,7,10H,1H3/t10-/m1/s1. The van der Waals surface area contributed by atoms with Crippen LogP contribution in [0.15, 0.2) is 38.9 Å². The summed E-state index contributed by atoms with van der Waals surface area (Å²) in [7, 11) is -3.70. The van der Waals surface area contributed by atoms with E-state index in [1.165, 1.54) is 17.4 Å². The molecule has 0 fully saturated rings. The number of aryl methyl sites for hydroxylation is 1. The predicted octanol–water partition coefficient (Wildman–Crippen LogP) is 2.25. The van der Waals surface area contributed by atoms with E-state index < -0.39 is 15.9 Å². The Hall–Kier alpha value is -2.04. The number of nitrogens with zero attached hydrogens (tertiary/aromatic N) is 3. The number of benzene rings is 1. The molecule has 0 aliphatic carbocycles. The maximum atomic E-state index is 12.0. The fourth-order valence-electron chi connectivity index (χ4n) is 2.08. The largest absolute Gasteiger partial charge is 0.283 e. The lowest BCUT2D eigenvalue weighted by atomic mass is 9.98. The van der Waals surface area contributed by atoms with Gasteiger partial charge in [0.05, 0.1) is 16.7 Å². The molecule has 2 heterocycles. The summed E-state index contributed by atoms with van der Waals surface area (Å²) < 4.78 is 27.8. The molecule has 1 aromatic heterocycles. The molecule has 0 radical (unpaired) electrons. The molecule has 3 rings (SSSR count). The van der Waals surface area contributed by atoms with E-state index in [2.05, 4.69) is 15.5 Å². The zero-order valence-electron chi connectivity index (χ0n) is 10.4. The summed E-state index contributed by atoms with van der Waals surface area (Å²) in [6, 6.07) is 8.65. The fraction of sp³-hybridized carbons (Fsp3) is 0.154. The molecule has 1 aliphatic heterocycles. The first kappa shape index (κ1) is 13.0. The molecule has 0 spiro atoms. The van der Waals surface area contributed by atoms with Gasteiger partial charge in [-0.2, -0.15) is 18.1 Å². The highest BCUT2D eigenvalue weighted by Crippen LogP contribution is 2.33. The van der Waals surface area contributed by atoms with Crippen LogP contribution in [0.1, 0.15) is 22.2 Å². The smallest absolute Gasteiger partial charge is 0.245 e. The number of nitriles is 1. The molecule has 1 atom stereocenters.